The highest BCUT2D eigenvalue weighted by Crippen LogP contribution is 2.32. The zero-order valence-electron chi connectivity index (χ0n) is 7.67. The summed E-state index contributed by atoms with van der Waals surface area (Å²) in [7, 11) is 0. The van der Waals surface area contributed by atoms with Gasteiger partial charge in [0, 0.05) is 6.20 Å². The second kappa shape index (κ2) is 4.23. The van der Waals surface area contributed by atoms with Gasteiger partial charge in [-0.2, -0.15) is 0 Å². The first-order valence-electron chi connectivity index (χ1n) is 4.98. The SMILES string of the molecule is Brc1cc(C2CCCCC2)ccn1. The van der Waals surface area contributed by atoms with Crippen LogP contribution < -0.4 is 0 Å². The Hall–Kier alpha value is -0.370. The van der Waals surface area contributed by atoms with Crippen LogP contribution in [0.2, 0.25) is 0 Å². The van der Waals surface area contributed by atoms with E-state index >= 15 is 0 Å². The van der Waals surface area contributed by atoms with E-state index in [4.69, 9.17) is 0 Å². The minimum atomic E-state index is 0.785. The van der Waals surface area contributed by atoms with E-state index in [1.165, 1.54) is 37.7 Å². The largest absolute Gasteiger partial charge is 0.249 e. The first-order chi connectivity index (χ1) is 6.36. The van der Waals surface area contributed by atoms with Gasteiger partial charge in [-0.1, -0.05) is 19.3 Å². The predicted molar refractivity (Wildman–Crippen MR) is 57.8 cm³/mol. The van der Waals surface area contributed by atoms with E-state index in [1.807, 2.05) is 6.20 Å². The maximum atomic E-state index is 4.15. The Bertz CT molecular complexity index is 279. The Morgan fingerprint density at radius 1 is 1.23 bits per heavy atom. The number of nitrogens with zero attached hydrogens (tertiary/aromatic N) is 1. The summed E-state index contributed by atoms with van der Waals surface area (Å²) >= 11 is 3.42. The van der Waals surface area contributed by atoms with Crippen LogP contribution in [0.15, 0.2) is 22.9 Å². The molecular weight excluding hydrogens is 226 g/mol. The van der Waals surface area contributed by atoms with E-state index in [2.05, 4.69) is 33.0 Å². The van der Waals surface area contributed by atoms with Crippen molar-refractivity contribution < 1.29 is 0 Å². The smallest absolute Gasteiger partial charge is 0.106 e. The molecule has 2 heteroatoms. The fraction of sp³-hybridized carbons (Fsp3) is 0.545. The minimum absolute atomic E-state index is 0.785. The molecule has 1 nitrogen and oxygen atoms in total. The van der Waals surface area contributed by atoms with E-state index in [-0.39, 0.29) is 0 Å². The zero-order valence-corrected chi connectivity index (χ0v) is 9.26. The highest BCUT2D eigenvalue weighted by molar-refractivity contribution is 9.10. The van der Waals surface area contributed by atoms with E-state index in [0.717, 1.165) is 10.5 Å². The summed E-state index contributed by atoms with van der Waals surface area (Å²) in [5.41, 5.74) is 1.46. The molecule has 0 saturated heterocycles. The quantitative estimate of drug-likeness (QED) is 0.678. The second-order valence-electron chi connectivity index (χ2n) is 3.75. The summed E-state index contributed by atoms with van der Waals surface area (Å²) in [5, 5.41) is 0. The molecule has 13 heavy (non-hydrogen) atoms. The summed E-state index contributed by atoms with van der Waals surface area (Å²) < 4.78 is 0.968. The topological polar surface area (TPSA) is 12.9 Å². The van der Waals surface area contributed by atoms with Crippen molar-refractivity contribution in [1.82, 2.24) is 4.98 Å². The molecule has 1 saturated carbocycles. The van der Waals surface area contributed by atoms with Crippen LogP contribution in [0.25, 0.3) is 0 Å². The summed E-state index contributed by atoms with van der Waals surface area (Å²) in [4.78, 5) is 4.15. The van der Waals surface area contributed by atoms with Gasteiger partial charge in [0.15, 0.2) is 0 Å². The van der Waals surface area contributed by atoms with Gasteiger partial charge in [0.25, 0.3) is 0 Å². The van der Waals surface area contributed by atoms with Gasteiger partial charge in [-0.15, -0.1) is 0 Å². The molecule has 1 aromatic heterocycles. The van der Waals surface area contributed by atoms with Crippen molar-refractivity contribution in [3.63, 3.8) is 0 Å². The lowest BCUT2D eigenvalue weighted by Gasteiger charge is -2.21. The average molecular weight is 240 g/mol. The van der Waals surface area contributed by atoms with Gasteiger partial charge in [0.2, 0.25) is 0 Å². The van der Waals surface area contributed by atoms with Crippen molar-refractivity contribution in [2.75, 3.05) is 0 Å². The standard InChI is InChI=1S/C11H14BrN/c12-11-8-10(6-7-13-11)9-4-2-1-3-5-9/h6-9H,1-5H2. The molecule has 0 aromatic carbocycles. The Kier molecular flexibility index (Phi) is 2.99. The van der Waals surface area contributed by atoms with Gasteiger partial charge in [0.05, 0.1) is 0 Å². The van der Waals surface area contributed by atoms with Crippen LogP contribution in [-0.2, 0) is 0 Å². The van der Waals surface area contributed by atoms with Gasteiger partial charge in [-0.25, -0.2) is 4.98 Å². The Labute approximate surface area is 87.7 Å². The molecule has 0 spiro atoms. The molecule has 2 rings (SSSR count). The van der Waals surface area contributed by atoms with E-state index in [0.29, 0.717) is 0 Å². The van der Waals surface area contributed by atoms with Crippen molar-refractivity contribution in [3.8, 4) is 0 Å². The number of hydrogen-bond donors (Lipinski definition) is 0. The lowest BCUT2D eigenvalue weighted by Crippen LogP contribution is -2.04. The number of aromatic nitrogens is 1. The molecule has 1 fully saturated rings. The highest BCUT2D eigenvalue weighted by atomic mass is 79.9. The van der Waals surface area contributed by atoms with Crippen LogP contribution in [0, 0.1) is 0 Å². The van der Waals surface area contributed by atoms with Crippen molar-refractivity contribution in [2.45, 2.75) is 38.0 Å². The number of halogens is 1. The van der Waals surface area contributed by atoms with Crippen molar-refractivity contribution >= 4 is 15.9 Å². The lowest BCUT2D eigenvalue weighted by atomic mass is 9.85. The zero-order chi connectivity index (χ0) is 9.10. The maximum Gasteiger partial charge on any atom is 0.106 e. The van der Waals surface area contributed by atoms with Crippen molar-refractivity contribution in [3.05, 3.63) is 28.5 Å². The third kappa shape index (κ3) is 2.31. The molecule has 0 radical (unpaired) electrons. The Balaban J connectivity index is 2.14. The van der Waals surface area contributed by atoms with Gasteiger partial charge in [0.1, 0.15) is 4.60 Å². The molecule has 1 heterocycles. The van der Waals surface area contributed by atoms with Gasteiger partial charge in [-0.3, -0.25) is 0 Å². The molecule has 0 amide bonds. The molecule has 0 bridgehead atoms. The monoisotopic (exact) mass is 239 g/mol. The van der Waals surface area contributed by atoms with Gasteiger partial charge >= 0.3 is 0 Å². The number of hydrogen-bond acceptors (Lipinski definition) is 1. The third-order valence-corrected chi connectivity index (χ3v) is 3.26. The molecule has 1 aliphatic carbocycles. The second-order valence-corrected chi connectivity index (χ2v) is 4.56. The minimum Gasteiger partial charge on any atom is -0.249 e. The summed E-state index contributed by atoms with van der Waals surface area (Å²) in [6.45, 7) is 0. The predicted octanol–water partition coefficient (Wildman–Crippen LogP) is 3.89. The Morgan fingerprint density at radius 2 is 2.00 bits per heavy atom. The summed E-state index contributed by atoms with van der Waals surface area (Å²) in [6, 6.07) is 4.32. The summed E-state index contributed by atoms with van der Waals surface area (Å²) in [6.07, 6.45) is 8.82. The number of rotatable bonds is 1. The first-order valence-corrected chi connectivity index (χ1v) is 5.77. The van der Waals surface area contributed by atoms with Crippen LogP contribution in [-0.4, -0.2) is 4.98 Å². The van der Waals surface area contributed by atoms with Crippen molar-refractivity contribution in [2.24, 2.45) is 0 Å². The molecule has 0 N–H and O–H groups in total. The molecule has 1 aliphatic rings. The molecule has 0 atom stereocenters. The highest BCUT2D eigenvalue weighted by Gasteiger charge is 2.15. The van der Waals surface area contributed by atoms with Crippen LogP contribution in [0.4, 0.5) is 0 Å². The third-order valence-electron chi connectivity index (χ3n) is 2.83. The fourth-order valence-electron chi connectivity index (χ4n) is 2.11. The van der Waals surface area contributed by atoms with Crippen molar-refractivity contribution in [1.29, 1.82) is 0 Å². The molecular formula is C11H14BrN. The normalized spacial score (nSPS) is 18.8. The van der Waals surface area contributed by atoms with Crippen LogP contribution in [0.3, 0.4) is 0 Å². The lowest BCUT2D eigenvalue weighted by molar-refractivity contribution is 0.443. The van der Waals surface area contributed by atoms with Crippen LogP contribution in [0.5, 0.6) is 0 Å². The number of pyridine rings is 1. The fourth-order valence-corrected chi connectivity index (χ4v) is 2.49. The molecule has 0 unspecified atom stereocenters. The molecule has 0 aliphatic heterocycles. The first kappa shape index (κ1) is 9.20. The molecule has 1 aromatic rings. The summed E-state index contributed by atoms with van der Waals surface area (Å²) in [5.74, 6) is 0.785. The van der Waals surface area contributed by atoms with Gasteiger partial charge in [-0.05, 0) is 52.4 Å². The Morgan fingerprint density at radius 3 is 2.69 bits per heavy atom. The van der Waals surface area contributed by atoms with E-state index in [9.17, 15) is 0 Å². The van der Waals surface area contributed by atoms with Gasteiger partial charge < -0.3 is 0 Å². The van der Waals surface area contributed by atoms with E-state index in [1.54, 1.807) is 0 Å². The van der Waals surface area contributed by atoms with E-state index < -0.39 is 0 Å². The maximum absolute atomic E-state index is 4.15. The molecule has 70 valence electrons. The average Bonchev–Trinajstić information content (AvgIpc) is 2.19. The van der Waals surface area contributed by atoms with Crippen LogP contribution >= 0.6 is 15.9 Å². The van der Waals surface area contributed by atoms with Crippen LogP contribution in [0.1, 0.15) is 43.6 Å².